The zero-order valence-corrected chi connectivity index (χ0v) is 13.2. The predicted molar refractivity (Wildman–Crippen MR) is 81.5 cm³/mol. The molecule has 2 N–H and O–H groups in total. The van der Waals surface area contributed by atoms with Crippen molar-refractivity contribution in [2.75, 3.05) is 18.5 Å². The van der Waals surface area contributed by atoms with Crippen LogP contribution in [0.1, 0.15) is 20.3 Å². The number of hydrogen-bond acceptors (Lipinski definition) is 3. The second-order valence-electron chi connectivity index (χ2n) is 4.50. The van der Waals surface area contributed by atoms with Crippen LogP contribution in [0.2, 0.25) is 0 Å². The molecule has 6 heteroatoms. The average Bonchev–Trinajstić information content (AvgIpc) is 2.39. The van der Waals surface area contributed by atoms with Gasteiger partial charge in [0.1, 0.15) is 0 Å². The van der Waals surface area contributed by atoms with Crippen LogP contribution in [-0.2, 0) is 14.3 Å². The van der Waals surface area contributed by atoms with Crippen LogP contribution in [0.3, 0.4) is 0 Å². The summed E-state index contributed by atoms with van der Waals surface area (Å²) in [4.78, 5) is 23.1. The highest BCUT2D eigenvalue weighted by Gasteiger charge is 2.06. The van der Waals surface area contributed by atoms with Crippen molar-refractivity contribution in [3.63, 3.8) is 0 Å². The molecule has 110 valence electrons. The molecule has 0 aliphatic carbocycles. The summed E-state index contributed by atoms with van der Waals surface area (Å²) in [7, 11) is 0. The SMILES string of the molecule is CC(C)OCCC(=O)NCC(=O)Nc1ccc(Br)cc1. The highest BCUT2D eigenvalue weighted by Crippen LogP contribution is 2.13. The van der Waals surface area contributed by atoms with Crippen molar-refractivity contribution >= 4 is 33.4 Å². The summed E-state index contributed by atoms with van der Waals surface area (Å²) in [6.45, 7) is 4.13. The Kier molecular flexibility index (Phi) is 7.25. The highest BCUT2D eigenvalue weighted by atomic mass is 79.9. The molecule has 0 spiro atoms. The molecule has 1 aromatic rings. The maximum atomic E-state index is 11.6. The van der Waals surface area contributed by atoms with Gasteiger partial charge in [0.05, 0.1) is 19.3 Å². The van der Waals surface area contributed by atoms with Crippen molar-refractivity contribution in [1.82, 2.24) is 5.32 Å². The molecule has 20 heavy (non-hydrogen) atoms. The minimum absolute atomic E-state index is 0.0451. The molecule has 0 bridgehead atoms. The molecule has 0 saturated carbocycles. The van der Waals surface area contributed by atoms with Crippen molar-refractivity contribution in [1.29, 1.82) is 0 Å². The Morgan fingerprint density at radius 2 is 1.85 bits per heavy atom. The smallest absolute Gasteiger partial charge is 0.243 e. The van der Waals surface area contributed by atoms with Gasteiger partial charge in [-0.25, -0.2) is 0 Å². The van der Waals surface area contributed by atoms with Gasteiger partial charge in [-0.1, -0.05) is 15.9 Å². The fourth-order valence-electron chi connectivity index (χ4n) is 1.39. The van der Waals surface area contributed by atoms with Crippen LogP contribution in [-0.4, -0.2) is 31.1 Å². The molecule has 0 saturated heterocycles. The topological polar surface area (TPSA) is 67.4 Å². The second-order valence-corrected chi connectivity index (χ2v) is 5.42. The van der Waals surface area contributed by atoms with E-state index in [0.29, 0.717) is 12.3 Å². The minimum Gasteiger partial charge on any atom is -0.378 e. The van der Waals surface area contributed by atoms with Crippen molar-refractivity contribution in [2.45, 2.75) is 26.4 Å². The van der Waals surface area contributed by atoms with E-state index in [0.717, 1.165) is 4.47 Å². The van der Waals surface area contributed by atoms with Gasteiger partial charge in [0.25, 0.3) is 0 Å². The fourth-order valence-corrected chi connectivity index (χ4v) is 1.66. The van der Waals surface area contributed by atoms with E-state index in [9.17, 15) is 9.59 Å². The van der Waals surface area contributed by atoms with Crippen molar-refractivity contribution < 1.29 is 14.3 Å². The minimum atomic E-state index is -0.259. The van der Waals surface area contributed by atoms with Crippen LogP contribution in [0.15, 0.2) is 28.7 Å². The normalized spacial score (nSPS) is 10.4. The third kappa shape index (κ3) is 7.25. The third-order valence-electron chi connectivity index (χ3n) is 2.35. The first-order valence-electron chi connectivity index (χ1n) is 6.41. The fraction of sp³-hybridized carbons (Fsp3) is 0.429. The average molecular weight is 343 g/mol. The maximum Gasteiger partial charge on any atom is 0.243 e. The Balaban J connectivity index is 2.22. The maximum absolute atomic E-state index is 11.6. The number of amides is 2. The largest absolute Gasteiger partial charge is 0.378 e. The highest BCUT2D eigenvalue weighted by molar-refractivity contribution is 9.10. The number of carbonyl (C=O) groups is 2. The van der Waals surface area contributed by atoms with Gasteiger partial charge in [-0.3, -0.25) is 9.59 Å². The number of carbonyl (C=O) groups excluding carboxylic acids is 2. The molecule has 0 unspecified atom stereocenters. The molecule has 0 aromatic heterocycles. The van der Waals surface area contributed by atoms with Gasteiger partial charge in [0.15, 0.2) is 0 Å². The Morgan fingerprint density at radius 1 is 1.20 bits per heavy atom. The lowest BCUT2D eigenvalue weighted by Crippen LogP contribution is -2.33. The first-order valence-corrected chi connectivity index (χ1v) is 7.20. The zero-order valence-electron chi connectivity index (χ0n) is 11.6. The molecular formula is C14H19BrN2O3. The van der Waals surface area contributed by atoms with Crippen LogP contribution in [0.25, 0.3) is 0 Å². The molecule has 0 radical (unpaired) electrons. The van der Waals surface area contributed by atoms with Gasteiger partial charge in [-0.2, -0.15) is 0 Å². The second kappa shape index (κ2) is 8.71. The Bertz CT molecular complexity index is 446. The summed E-state index contributed by atoms with van der Waals surface area (Å²) < 4.78 is 6.20. The van der Waals surface area contributed by atoms with E-state index in [4.69, 9.17) is 4.74 Å². The van der Waals surface area contributed by atoms with Gasteiger partial charge >= 0.3 is 0 Å². The summed E-state index contributed by atoms with van der Waals surface area (Å²) in [5.74, 6) is -0.456. The van der Waals surface area contributed by atoms with E-state index in [2.05, 4.69) is 26.6 Å². The molecule has 5 nitrogen and oxygen atoms in total. The first-order chi connectivity index (χ1) is 9.47. The van der Waals surface area contributed by atoms with Gasteiger partial charge in [-0.15, -0.1) is 0 Å². The van der Waals surface area contributed by atoms with Crippen LogP contribution >= 0.6 is 15.9 Å². The van der Waals surface area contributed by atoms with E-state index in [1.165, 1.54) is 0 Å². The van der Waals surface area contributed by atoms with Crippen molar-refractivity contribution in [3.05, 3.63) is 28.7 Å². The number of halogens is 1. The molecule has 0 fully saturated rings. The van der Waals surface area contributed by atoms with Gasteiger partial charge in [0, 0.05) is 16.6 Å². The number of hydrogen-bond donors (Lipinski definition) is 2. The monoisotopic (exact) mass is 342 g/mol. The molecule has 0 aliphatic rings. The van der Waals surface area contributed by atoms with Gasteiger partial charge < -0.3 is 15.4 Å². The standard InChI is InChI=1S/C14H19BrN2O3/c1-10(2)20-8-7-13(18)16-9-14(19)17-12-5-3-11(15)4-6-12/h3-6,10H,7-9H2,1-2H3,(H,16,18)(H,17,19). The van der Waals surface area contributed by atoms with E-state index >= 15 is 0 Å². The predicted octanol–water partition coefficient (Wildman–Crippen LogP) is 2.32. The zero-order chi connectivity index (χ0) is 15.0. The van der Waals surface area contributed by atoms with E-state index in [1.807, 2.05) is 26.0 Å². The quantitative estimate of drug-likeness (QED) is 0.798. The van der Waals surface area contributed by atoms with Crippen molar-refractivity contribution in [3.8, 4) is 0 Å². The van der Waals surface area contributed by atoms with Gasteiger partial charge in [0.2, 0.25) is 11.8 Å². The Morgan fingerprint density at radius 3 is 2.45 bits per heavy atom. The van der Waals surface area contributed by atoms with Crippen LogP contribution in [0.4, 0.5) is 5.69 Å². The Hall–Kier alpha value is -1.40. The van der Waals surface area contributed by atoms with Gasteiger partial charge in [-0.05, 0) is 38.1 Å². The molecule has 2 amide bonds. The molecule has 1 rings (SSSR count). The van der Waals surface area contributed by atoms with E-state index in [1.54, 1.807) is 12.1 Å². The summed E-state index contributed by atoms with van der Waals surface area (Å²) in [6, 6.07) is 7.22. The summed E-state index contributed by atoms with van der Waals surface area (Å²) in [5, 5.41) is 5.24. The number of benzene rings is 1. The molecular weight excluding hydrogens is 324 g/mol. The lowest BCUT2D eigenvalue weighted by molar-refractivity contribution is -0.125. The first kappa shape index (κ1) is 16.7. The lowest BCUT2D eigenvalue weighted by Gasteiger charge is -2.08. The van der Waals surface area contributed by atoms with Crippen LogP contribution < -0.4 is 10.6 Å². The third-order valence-corrected chi connectivity index (χ3v) is 2.88. The molecule has 1 aromatic carbocycles. The van der Waals surface area contributed by atoms with E-state index in [-0.39, 0.29) is 30.9 Å². The molecule has 0 aliphatic heterocycles. The van der Waals surface area contributed by atoms with E-state index < -0.39 is 0 Å². The summed E-state index contributed by atoms with van der Waals surface area (Å²) in [6.07, 6.45) is 0.354. The number of ether oxygens (including phenoxy) is 1. The molecule has 0 heterocycles. The molecule has 0 atom stereocenters. The van der Waals surface area contributed by atoms with Crippen molar-refractivity contribution in [2.24, 2.45) is 0 Å². The number of nitrogens with one attached hydrogen (secondary N) is 2. The summed E-state index contributed by atoms with van der Waals surface area (Å²) >= 11 is 3.31. The van der Waals surface area contributed by atoms with Crippen LogP contribution in [0.5, 0.6) is 0 Å². The summed E-state index contributed by atoms with van der Waals surface area (Å²) in [5.41, 5.74) is 0.690. The number of rotatable bonds is 7. The lowest BCUT2D eigenvalue weighted by atomic mass is 10.3. The number of anilines is 1. The van der Waals surface area contributed by atoms with Crippen LogP contribution in [0, 0.1) is 0 Å². The Labute approximate surface area is 127 Å².